The number of nitrogens with two attached hydrogens (primary N) is 1. The largest absolute Gasteiger partial charge is 0.444 e. The lowest BCUT2D eigenvalue weighted by Gasteiger charge is -2.24. The zero-order chi connectivity index (χ0) is 11.6. The fourth-order valence-corrected chi connectivity index (χ4v) is 1.48. The van der Waals surface area contributed by atoms with Gasteiger partial charge in [0, 0.05) is 13.1 Å². The molecule has 5 heteroatoms. The third-order valence-corrected chi connectivity index (χ3v) is 2.24. The smallest absolute Gasteiger partial charge is 0.410 e. The maximum absolute atomic E-state index is 11.6. The number of ether oxygens (including phenoxy) is 1. The van der Waals surface area contributed by atoms with Crippen LogP contribution in [0.15, 0.2) is 0 Å². The second-order valence-electron chi connectivity index (χ2n) is 4.81. The third kappa shape index (κ3) is 3.42. The molecule has 1 aliphatic rings. The summed E-state index contributed by atoms with van der Waals surface area (Å²) in [6.07, 6.45) is 0.264. The molecule has 0 unspecified atom stereocenters. The van der Waals surface area contributed by atoms with Crippen LogP contribution in [0.25, 0.3) is 0 Å². The lowest BCUT2D eigenvalue weighted by Crippen LogP contribution is -2.36. The van der Waals surface area contributed by atoms with Gasteiger partial charge in [-0.15, -0.1) is 0 Å². The summed E-state index contributed by atoms with van der Waals surface area (Å²) in [7, 11) is 0. The number of carbonyl (C=O) groups excluding carboxylic acids is 2. The number of carbonyl (C=O) groups is 2. The van der Waals surface area contributed by atoms with Gasteiger partial charge in [0.2, 0.25) is 5.91 Å². The Hall–Kier alpha value is -1.26. The number of likely N-dealkylation sites (tertiary alicyclic amines) is 1. The Morgan fingerprint density at radius 3 is 2.40 bits per heavy atom. The lowest BCUT2D eigenvalue weighted by atomic mass is 10.1. The zero-order valence-electron chi connectivity index (χ0n) is 9.45. The van der Waals surface area contributed by atoms with Crippen LogP contribution in [0.1, 0.15) is 27.2 Å². The Balaban J connectivity index is 2.47. The fourth-order valence-electron chi connectivity index (χ4n) is 1.48. The summed E-state index contributed by atoms with van der Waals surface area (Å²) in [5.41, 5.74) is 4.67. The van der Waals surface area contributed by atoms with E-state index in [9.17, 15) is 9.59 Å². The zero-order valence-corrected chi connectivity index (χ0v) is 9.45. The summed E-state index contributed by atoms with van der Waals surface area (Å²) in [6.45, 7) is 6.36. The normalized spacial score (nSPS) is 21.5. The molecule has 0 aromatic rings. The Labute approximate surface area is 89.6 Å². The SMILES string of the molecule is CC(C)(C)OC(=O)N1CC[C@H](C(N)=O)C1. The Morgan fingerprint density at radius 1 is 1.40 bits per heavy atom. The van der Waals surface area contributed by atoms with Crippen molar-refractivity contribution >= 4 is 12.0 Å². The van der Waals surface area contributed by atoms with Gasteiger partial charge in [-0.3, -0.25) is 4.79 Å². The van der Waals surface area contributed by atoms with Crippen molar-refractivity contribution < 1.29 is 14.3 Å². The van der Waals surface area contributed by atoms with Crippen molar-refractivity contribution in [2.45, 2.75) is 32.8 Å². The highest BCUT2D eigenvalue weighted by Gasteiger charge is 2.32. The summed E-state index contributed by atoms with van der Waals surface area (Å²) in [4.78, 5) is 24.0. The molecular weight excluding hydrogens is 196 g/mol. The highest BCUT2D eigenvalue weighted by Crippen LogP contribution is 2.18. The molecule has 15 heavy (non-hydrogen) atoms. The van der Waals surface area contributed by atoms with E-state index in [2.05, 4.69) is 0 Å². The van der Waals surface area contributed by atoms with Crippen LogP contribution in [0.5, 0.6) is 0 Å². The van der Waals surface area contributed by atoms with Crippen molar-refractivity contribution in [1.29, 1.82) is 0 Å². The van der Waals surface area contributed by atoms with Gasteiger partial charge in [0.25, 0.3) is 0 Å². The van der Waals surface area contributed by atoms with E-state index in [0.717, 1.165) is 0 Å². The number of rotatable bonds is 1. The third-order valence-electron chi connectivity index (χ3n) is 2.24. The number of primary amides is 1. The van der Waals surface area contributed by atoms with E-state index in [1.54, 1.807) is 0 Å². The molecule has 1 saturated heterocycles. The van der Waals surface area contributed by atoms with Crippen molar-refractivity contribution in [2.24, 2.45) is 11.7 Å². The van der Waals surface area contributed by atoms with E-state index in [1.807, 2.05) is 20.8 Å². The molecular formula is C10H18N2O3. The number of amides is 2. The minimum absolute atomic E-state index is 0.225. The number of nitrogens with zero attached hydrogens (tertiary/aromatic N) is 1. The molecule has 0 radical (unpaired) electrons. The van der Waals surface area contributed by atoms with E-state index in [-0.39, 0.29) is 17.9 Å². The van der Waals surface area contributed by atoms with Crippen LogP contribution in [-0.2, 0) is 9.53 Å². The van der Waals surface area contributed by atoms with Gasteiger partial charge in [-0.05, 0) is 27.2 Å². The highest BCUT2D eigenvalue weighted by molar-refractivity contribution is 5.78. The molecule has 1 atom stereocenters. The molecule has 0 saturated carbocycles. The van der Waals surface area contributed by atoms with Crippen molar-refractivity contribution in [2.75, 3.05) is 13.1 Å². The first-order valence-electron chi connectivity index (χ1n) is 5.07. The van der Waals surface area contributed by atoms with E-state index >= 15 is 0 Å². The van der Waals surface area contributed by atoms with Gasteiger partial charge in [-0.1, -0.05) is 0 Å². The van der Waals surface area contributed by atoms with Crippen molar-refractivity contribution in [3.05, 3.63) is 0 Å². The van der Waals surface area contributed by atoms with Crippen LogP contribution in [0.2, 0.25) is 0 Å². The van der Waals surface area contributed by atoms with Crippen molar-refractivity contribution in [3.63, 3.8) is 0 Å². The average molecular weight is 214 g/mol. The fraction of sp³-hybridized carbons (Fsp3) is 0.800. The summed E-state index contributed by atoms with van der Waals surface area (Å²) < 4.78 is 5.18. The molecule has 5 nitrogen and oxygen atoms in total. The van der Waals surface area contributed by atoms with E-state index in [4.69, 9.17) is 10.5 Å². The summed E-state index contributed by atoms with van der Waals surface area (Å²) in [5.74, 6) is -0.571. The minimum atomic E-state index is -0.498. The molecule has 0 aromatic heterocycles. The predicted octanol–water partition coefficient (Wildman–Crippen LogP) is 0.729. The van der Waals surface area contributed by atoms with Crippen LogP contribution in [0.3, 0.4) is 0 Å². The number of hydrogen-bond acceptors (Lipinski definition) is 3. The van der Waals surface area contributed by atoms with Crippen molar-refractivity contribution in [1.82, 2.24) is 4.90 Å². The molecule has 0 aliphatic carbocycles. The minimum Gasteiger partial charge on any atom is -0.444 e. The molecule has 2 amide bonds. The van der Waals surface area contributed by atoms with Gasteiger partial charge in [0.15, 0.2) is 0 Å². The summed E-state index contributed by atoms with van der Waals surface area (Å²) >= 11 is 0. The highest BCUT2D eigenvalue weighted by atomic mass is 16.6. The van der Waals surface area contributed by atoms with Gasteiger partial charge in [-0.2, -0.15) is 0 Å². The summed E-state index contributed by atoms with van der Waals surface area (Å²) in [5, 5.41) is 0. The van der Waals surface area contributed by atoms with Crippen LogP contribution in [-0.4, -0.2) is 35.6 Å². The lowest BCUT2D eigenvalue weighted by molar-refractivity contribution is -0.121. The van der Waals surface area contributed by atoms with Crippen LogP contribution in [0, 0.1) is 5.92 Å². The van der Waals surface area contributed by atoms with Crippen LogP contribution < -0.4 is 5.73 Å². The standard InChI is InChI=1S/C10H18N2O3/c1-10(2,3)15-9(14)12-5-4-7(6-12)8(11)13/h7H,4-6H2,1-3H3,(H2,11,13)/t7-/m0/s1. The van der Waals surface area contributed by atoms with Gasteiger partial charge in [0.1, 0.15) is 5.60 Å². The van der Waals surface area contributed by atoms with E-state index in [0.29, 0.717) is 19.5 Å². The molecule has 86 valence electrons. The monoisotopic (exact) mass is 214 g/mol. The molecule has 0 spiro atoms. The van der Waals surface area contributed by atoms with E-state index < -0.39 is 5.60 Å². The molecule has 1 rings (SSSR count). The van der Waals surface area contributed by atoms with E-state index in [1.165, 1.54) is 4.90 Å². The van der Waals surface area contributed by atoms with Gasteiger partial charge in [-0.25, -0.2) is 4.79 Å². The Kier molecular flexibility index (Phi) is 3.21. The molecule has 2 N–H and O–H groups in total. The second kappa shape index (κ2) is 4.08. The first kappa shape index (κ1) is 11.8. The van der Waals surface area contributed by atoms with Gasteiger partial charge >= 0.3 is 6.09 Å². The Morgan fingerprint density at radius 2 is 2.00 bits per heavy atom. The molecule has 1 heterocycles. The van der Waals surface area contributed by atoms with Crippen LogP contribution in [0.4, 0.5) is 4.79 Å². The van der Waals surface area contributed by atoms with Gasteiger partial charge < -0.3 is 15.4 Å². The van der Waals surface area contributed by atoms with Crippen molar-refractivity contribution in [3.8, 4) is 0 Å². The Bertz CT molecular complexity index is 270. The first-order valence-corrected chi connectivity index (χ1v) is 5.07. The quantitative estimate of drug-likeness (QED) is 0.699. The first-order chi connectivity index (χ1) is 6.79. The average Bonchev–Trinajstić information content (AvgIpc) is 2.47. The predicted molar refractivity (Wildman–Crippen MR) is 55.1 cm³/mol. The van der Waals surface area contributed by atoms with Crippen LogP contribution >= 0.6 is 0 Å². The topological polar surface area (TPSA) is 72.6 Å². The maximum atomic E-state index is 11.6. The van der Waals surface area contributed by atoms with Gasteiger partial charge in [0.05, 0.1) is 5.92 Å². The maximum Gasteiger partial charge on any atom is 0.410 e. The molecule has 1 fully saturated rings. The molecule has 0 aromatic carbocycles. The summed E-state index contributed by atoms with van der Waals surface area (Å²) in [6, 6.07) is 0. The second-order valence-corrected chi connectivity index (χ2v) is 4.81. The molecule has 1 aliphatic heterocycles. The molecule has 0 bridgehead atoms. The number of hydrogen-bond donors (Lipinski definition) is 1.